The van der Waals surface area contributed by atoms with Gasteiger partial charge < -0.3 is 14.0 Å². The molecule has 6 rings (SSSR count). The third-order valence-corrected chi connectivity index (χ3v) is 8.51. The second-order valence-corrected chi connectivity index (χ2v) is 11.3. The van der Waals surface area contributed by atoms with Crippen LogP contribution in [-0.2, 0) is 11.3 Å². The van der Waals surface area contributed by atoms with Crippen LogP contribution in [0.2, 0.25) is 0 Å². The zero-order valence-corrected chi connectivity index (χ0v) is 22.9. The average Bonchev–Trinajstić information content (AvgIpc) is 3.54. The number of amides is 1. The monoisotopic (exact) mass is 524 g/mol. The molecule has 3 aromatic heterocycles. The van der Waals surface area contributed by atoms with Gasteiger partial charge in [0.15, 0.2) is 0 Å². The molecule has 1 fully saturated rings. The van der Waals surface area contributed by atoms with E-state index in [2.05, 4.69) is 70.1 Å². The van der Waals surface area contributed by atoms with Crippen molar-refractivity contribution in [3.05, 3.63) is 78.6 Å². The highest BCUT2D eigenvalue weighted by atomic mass is 32.1. The first-order valence-corrected chi connectivity index (χ1v) is 14.0. The third-order valence-electron chi connectivity index (χ3n) is 7.34. The van der Waals surface area contributed by atoms with Crippen molar-refractivity contribution in [1.82, 2.24) is 19.2 Å². The van der Waals surface area contributed by atoms with Crippen LogP contribution in [0, 0.1) is 5.92 Å². The first kappa shape index (κ1) is 24.6. The van der Waals surface area contributed by atoms with E-state index in [0.717, 1.165) is 61.1 Å². The molecule has 1 amide bonds. The molecule has 0 N–H and O–H groups in total. The second-order valence-electron chi connectivity index (χ2n) is 10.2. The van der Waals surface area contributed by atoms with E-state index in [1.165, 1.54) is 20.5 Å². The van der Waals surface area contributed by atoms with Crippen molar-refractivity contribution in [3.63, 3.8) is 0 Å². The van der Waals surface area contributed by atoms with E-state index in [9.17, 15) is 4.79 Å². The summed E-state index contributed by atoms with van der Waals surface area (Å²) in [5.74, 6) is 1.11. The van der Waals surface area contributed by atoms with Crippen LogP contribution in [0.25, 0.3) is 37.4 Å². The molecule has 4 heterocycles. The van der Waals surface area contributed by atoms with Gasteiger partial charge in [0.2, 0.25) is 5.91 Å². The van der Waals surface area contributed by atoms with Gasteiger partial charge in [0.05, 0.1) is 18.5 Å². The average molecular weight is 525 g/mol. The van der Waals surface area contributed by atoms with Gasteiger partial charge >= 0.3 is 0 Å². The summed E-state index contributed by atoms with van der Waals surface area (Å²) in [5, 5.41) is 1.27. The number of rotatable bonds is 6. The van der Waals surface area contributed by atoms with Crippen LogP contribution < -0.4 is 4.74 Å². The lowest BCUT2D eigenvalue weighted by atomic mass is 10.1. The van der Waals surface area contributed by atoms with E-state index in [1.54, 1.807) is 7.11 Å². The van der Waals surface area contributed by atoms with Crippen LogP contribution in [0.15, 0.2) is 72.9 Å². The molecule has 0 radical (unpaired) electrons. The maximum absolute atomic E-state index is 12.5. The number of benzene rings is 2. The number of hydrogen-bond acceptors (Lipinski definition) is 5. The number of thiophene rings is 1. The summed E-state index contributed by atoms with van der Waals surface area (Å²) in [4.78, 5) is 23.3. The van der Waals surface area contributed by atoms with E-state index in [4.69, 9.17) is 9.72 Å². The Hall–Kier alpha value is -3.68. The lowest BCUT2D eigenvalue weighted by Crippen LogP contribution is -2.49. The standard InChI is InChI=1S/C31H32N4O2S/c1-21(2)31(36)34-16-14-33(15-17-34)20-26-30(22-8-11-25(37-3)12-9-22)32-29-13-10-24(19-35(26)29)28-18-23-6-4-5-7-27(23)38-28/h4-13,18-19,21H,14-17,20H2,1-3H3. The van der Waals surface area contributed by atoms with Crippen molar-refractivity contribution < 1.29 is 9.53 Å². The van der Waals surface area contributed by atoms with Crippen molar-refractivity contribution in [2.75, 3.05) is 33.3 Å². The van der Waals surface area contributed by atoms with E-state index in [1.807, 2.05) is 42.2 Å². The number of imidazole rings is 1. The van der Waals surface area contributed by atoms with Crippen LogP contribution in [-0.4, -0.2) is 58.4 Å². The molecular formula is C31H32N4O2S. The summed E-state index contributed by atoms with van der Waals surface area (Å²) >= 11 is 1.82. The smallest absolute Gasteiger partial charge is 0.225 e. The topological polar surface area (TPSA) is 50.1 Å². The first-order valence-electron chi connectivity index (χ1n) is 13.2. The van der Waals surface area contributed by atoms with E-state index < -0.39 is 0 Å². The molecule has 1 aliphatic heterocycles. The third kappa shape index (κ3) is 4.68. The van der Waals surface area contributed by atoms with Gasteiger partial charge in [-0.3, -0.25) is 9.69 Å². The number of ether oxygens (including phenoxy) is 1. The Kier molecular flexibility index (Phi) is 6.64. The molecular weight excluding hydrogens is 492 g/mol. The number of nitrogens with zero attached hydrogens (tertiary/aromatic N) is 4. The Balaban J connectivity index is 1.38. The maximum atomic E-state index is 12.5. The van der Waals surface area contributed by atoms with Crippen molar-refractivity contribution in [2.45, 2.75) is 20.4 Å². The summed E-state index contributed by atoms with van der Waals surface area (Å²) < 4.78 is 8.93. The number of fused-ring (bicyclic) bond motifs is 2. The fourth-order valence-electron chi connectivity index (χ4n) is 5.20. The summed E-state index contributed by atoms with van der Waals surface area (Å²) in [5.41, 5.74) is 5.34. The van der Waals surface area contributed by atoms with Crippen LogP contribution in [0.5, 0.6) is 5.75 Å². The molecule has 2 aromatic carbocycles. The molecule has 7 heteroatoms. The molecule has 1 aliphatic rings. The number of piperazine rings is 1. The van der Waals surface area contributed by atoms with Crippen molar-refractivity contribution in [3.8, 4) is 27.4 Å². The largest absolute Gasteiger partial charge is 0.497 e. The number of aromatic nitrogens is 2. The van der Waals surface area contributed by atoms with Crippen molar-refractivity contribution in [2.24, 2.45) is 5.92 Å². The predicted molar refractivity (Wildman–Crippen MR) is 155 cm³/mol. The number of pyridine rings is 1. The zero-order chi connectivity index (χ0) is 26.2. The van der Waals surface area contributed by atoms with Gasteiger partial charge in [-0.05, 0) is 53.9 Å². The highest BCUT2D eigenvalue weighted by Gasteiger charge is 2.25. The fraction of sp³-hybridized carbons (Fsp3) is 0.290. The highest BCUT2D eigenvalue weighted by Crippen LogP contribution is 2.35. The molecule has 0 bridgehead atoms. The molecule has 5 aromatic rings. The minimum absolute atomic E-state index is 0.0364. The number of methoxy groups -OCH3 is 1. The van der Waals surface area contributed by atoms with E-state index >= 15 is 0 Å². The summed E-state index contributed by atoms with van der Waals surface area (Å²) in [6.07, 6.45) is 2.23. The van der Waals surface area contributed by atoms with Gasteiger partial charge in [-0.25, -0.2) is 4.98 Å². The summed E-state index contributed by atoms with van der Waals surface area (Å²) in [6, 6.07) is 23.2. The van der Waals surface area contributed by atoms with Gasteiger partial charge in [0.25, 0.3) is 0 Å². The molecule has 0 aliphatic carbocycles. The molecule has 194 valence electrons. The van der Waals surface area contributed by atoms with Crippen molar-refractivity contribution in [1.29, 1.82) is 0 Å². The van der Waals surface area contributed by atoms with Gasteiger partial charge in [-0.15, -0.1) is 11.3 Å². The second kappa shape index (κ2) is 10.2. The molecule has 6 nitrogen and oxygen atoms in total. The minimum Gasteiger partial charge on any atom is -0.497 e. The van der Waals surface area contributed by atoms with Gasteiger partial charge in [-0.2, -0.15) is 0 Å². The molecule has 0 unspecified atom stereocenters. The van der Waals surface area contributed by atoms with Crippen LogP contribution >= 0.6 is 11.3 Å². The summed E-state index contributed by atoms with van der Waals surface area (Å²) in [6.45, 7) is 7.94. The Morgan fingerprint density at radius 3 is 2.42 bits per heavy atom. The normalized spacial score (nSPS) is 14.6. The Labute approximate surface area is 227 Å². The SMILES string of the molecule is COc1ccc(-c2nc3ccc(-c4cc5ccccc5s4)cn3c2CN2CCN(C(=O)C(C)C)CC2)cc1. The molecule has 0 spiro atoms. The van der Waals surface area contributed by atoms with Crippen LogP contribution in [0.3, 0.4) is 0 Å². The van der Waals surface area contributed by atoms with Crippen LogP contribution in [0.1, 0.15) is 19.5 Å². The van der Waals surface area contributed by atoms with E-state index in [0.29, 0.717) is 0 Å². The van der Waals surface area contributed by atoms with Gasteiger partial charge in [0, 0.05) is 65.5 Å². The van der Waals surface area contributed by atoms with Crippen molar-refractivity contribution >= 4 is 33.0 Å². The number of carbonyl (C=O) groups excluding carboxylic acids is 1. The quantitative estimate of drug-likeness (QED) is 0.266. The minimum atomic E-state index is 0.0364. The predicted octanol–water partition coefficient (Wildman–Crippen LogP) is 6.19. The maximum Gasteiger partial charge on any atom is 0.225 e. The molecule has 38 heavy (non-hydrogen) atoms. The van der Waals surface area contributed by atoms with E-state index in [-0.39, 0.29) is 11.8 Å². The Morgan fingerprint density at radius 2 is 1.71 bits per heavy atom. The highest BCUT2D eigenvalue weighted by molar-refractivity contribution is 7.22. The van der Waals surface area contributed by atoms with Crippen LogP contribution in [0.4, 0.5) is 0 Å². The molecule has 1 saturated heterocycles. The number of carbonyl (C=O) groups is 1. The summed E-state index contributed by atoms with van der Waals surface area (Å²) in [7, 11) is 1.69. The fourth-order valence-corrected chi connectivity index (χ4v) is 6.25. The first-order chi connectivity index (χ1) is 18.5. The lowest BCUT2D eigenvalue weighted by Gasteiger charge is -2.35. The molecule has 0 atom stereocenters. The van der Waals surface area contributed by atoms with Gasteiger partial charge in [0.1, 0.15) is 11.4 Å². The molecule has 0 saturated carbocycles. The number of hydrogen-bond donors (Lipinski definition) is 0. The zero-order valence-electron chi connectivity index (χ0n) is 22.1. The lowest BCUT2D eigenvalue weighted by molar-refractivity contribution is -0.136. The Morgan fingerprint density at radius 1 is 0.974 bits per heavy atom. The van der Waals surface area contributed by atoms with Gasteiger partial charge in [-0.1, -0.05) is 32.0 Å². The Bertz CT molecular complexity index is 1560.